The van der Waals surface area contributed by atoms with Gasteiger partial charge in [0.25, 0.3) is 0 Å². The van der Waals surface area contributed by atoms with E-state index in [9.17, 15) is 8.78 Å². The minimum absolute atomic E-state index is 0.198. The fourth-order valence-electron chi connectivity index (χ4n) is 1.95. The molecule has 1 aromatic carbocycles. The number of thiophene rings is 1. The van der Waals surface area contributed by atoms with Gasteiger partial charge in [-0.1, -0.05) is 18.5 Å². The van der Waals surface area contributed by atoms with Crippen molar-refractivity contribution in [1.82, 2.24) is 5.32 Å². The van der Waals surface area contributed by atoms with Gasteiger partial charge in [-0.3, -0.25) is 0 Å². The average molecular weight is 302 g/mol. The fourth-order valence-corrected chi connectivity index (χ4v) is 3.18. The number of hydrogen-bond acceptors (Lipinski definition) is 2. The van der Waals surface area contributed by atoms with E-state index in [1.165, 1.54) is 4.88 Å². The monoisotopic (exact) mass is 301 g/mol. The number of hydrogen-bond donors (Lipinski definition) is 1. The molecule has 1 aromatic heterocycles. The molecule has 5 heteroatoms. The van der Waals surface area contributed by atoms with Crippen molar-refractivity contribution in [1.29, 1.82) is 0 Å². The number of benzene rings is 1. The van der Waals surface area contributed by atoms with Crippen LogP contribution in [-0.4, -0.2) is 7.05 Å². The van der Waals surface area contributed by atoms with Crippen LogP contribution in [0, 0.1) is 11.6 Å². The number of aryl methyl sites for hydroxylation is 1. The first kappa shape index (κ1) is 14.4. The summed E-state index contributed by atoms with van der Waals surface area (Å²) in [6, 6.07) is 5.76. The van der Waals surface area contributed by atoms with Crippen molar-refractivity contribution in [2.45, 2.75) is 19.4 Å². The molecule has 0 spiro atoms. The molecule has 2 aromatic rings. The number of rotatable bonds is 4. The zero-order valence-electron chi connectivity index (χ0n) is 10.6. The molecule has 19 heavy (non-hydrogen) atoms. The highest BCUT2D eigenvalue weighted by Crippen LogP contribution is 2.32. The lowest BCUT2D eigenvalue weighted by molar-refractivity contribution is 0.561. The van der Waals surface area contributed by atoms with Crippen LogP contribution in [0.1, 0.15) is 28.3 Å². The Morgan fingerprint density at radius 2 is 2.00 bits per heavy atom. The topological polar surface area (TPSA) is 12.0 Å². The number of halogens is 3. The molecule has 0 aliphatic carbocycles. The second-order valence-corrected chi connectivity index (χ2v) is 5.77. The molecule has 1 N–H and O–H groups in total. The molecule has 1 heterocycles. The highest BCUT2D eigenvalue weighted by molar-refractivity contribution is 7.12. The Kier molecular flexibility index (Phi) is 4.55. The van der Waals surface area contributed by atoms with Gasteiger partial charge in [-0.25, -0.2) is 8.78 Å². The van der Waals surface area contributed by atoms with E-state index in [0.29, 0.717) is 0 Å². The normalized spacial score (nSPS) is 12.7. The van der Waals surface area contributed by atoms with Gasteiger partial charge in [-0.2, -0.15) is 0 Å². The van der Waals surface area contributed by atoms with Crippen molar-refractivity contribution < 1.29 is 8.78 Å². The van der Waals surface area contributed by atoms with Crippen molar-refractivity contribution >= 4 is 22.9 Å². The quantitative estimate of drug-likeness (QED) is 0.817. The van der Waals surface area contributed by atoms with Gasteiger partial charge in [0.1, 0.15) is 11.6 Å². The first-order valence-electron chi connectivity index (χ1n) is 5.97. The predicted octanol–water partition coefficient (Wildman–Crippen LogP) is 4.55. The van der Waals surface area contributed by atoms with Crippen molar-refractivity contribution in [3.8, 4) is 0 Å². The third kappa shape index (κ3) is 2.96. The highest BCUT2D eigenvalue weighted by atomic mass is 35.5. The van der Waals surface area contributed by atoms with Crippen LogP contribution in [0.3, 0.4) is 0 Å². The van der Waals surface area contributed by atoms with Gasteiger partial charge < -0.3 is 5.32 Å². The van der Waals surface area contributed by atoms with Crippen LogP contribution >= 0.6 is 22.9 Å². The van der Waals surface area contributed by atoms with Gasteiger partial charge >= 0.3 is 0 Å². The van der Waals surface area contributed by atoms with Crippen LogP contribution in [0.25, 0.3) is 0 Å². The molecule has 0 amide bonds. The molecule has 2 rings (SSSR count). The van der Waals surface area contributed by atoms with Gasteiger partial charge in [0.2, 0.25) is 0 Å². The van der Waals surface area contributed by atoms with Crippen LogP contribution in [-0.2, 0) is 6.42 Å². The smallest absolute Gasteiger partial charge is 0.142 e. The Bertz CT molecular complexity index is 583. The molecule has 0 bridgehead atoms. The molecule has 0 aliphatic heterocycles. The second-order valence-electron chi connectivity index (χ2n) is 4.17. The summed E-state index contributed by atoms with van der Waals surface area (Å²) in [6.07, 6.45) is 0.929. The second kappa shape index (κ2) is 5.99. The van der Waals surface area contributed by atoms with E-state index in [-0.39, 0.29) is 16.6 Å². The van der Waals surface area contributed by atoms with Gasteiger partial charge in [0, 0.05) is 15.3 Å². The third-order valence-corrected chi connectivity index (χ3v) is 4.54. The molecule has 1 atom stereocenters. The minimum atomic E-state index is -0.606. The SMILES string of the molecule is CCc1ccc(C(NC)c2cc(F)c(Cl)cc2F)s1. The van der Waals surface area contributed by atoms with E-state index in [1.54, 1.807) is 18.4 Å². The minimum Gasteiger partial charge on any atom is -0.309 e. The third-order valence-electron chi connectivity index (χ3n) is 2.95. The molecule has 0 radical (unpaired) electrons. The lowest BCUT2D eigenvalue weighted by atomic mass is 10.0. The summed E-state index contributed by atoms with van der Waals surface area (Å²) in [4.78, 5) is 2.17. The van der Waals surface area contributed by atoms with Crippen LogP contribution < -0.4 is 5.32 Å². The molecule has 0 aliphatic rings. The Morgan fingerprint density at radius 3 is 2.58 bits per heavy atom. The summed E-state index contributed by atoms with van der Waals surface area (Å²) >= 11 is 7.17. The van der Waals surface area contributed by atoms with E-state index in [2.05, 4.69) is 12.2 Å². The van der Waals surface area contributed by atoms with Crippen molar-refractivity contribution in [2.24, 2.45) is 0 Å². The summed E-state index contributed by atoms with van der Waals surface area (Å²) in [7, 11) is 1.72. The molecule has 1 nitrogen and oxygen atoms in total. The maximum Gasteiger partial charge on any atom is 0.142 e. The van der Waals surface area contributed by atoms with Crippen molar-refractivity contribution in [3.05, 3.63) is 56.2 Å². The van der Waals surface area contributed by atoms with Crippen LogP contribution in [0.2, 0.25) is 5.02 Å². The maximum atomic E-state index is 14.0. The molecule has 0 fully saturated rings. The Labute approximate surface area is 120 Å². The highest BCUT2D eigenvalue weighted by Gasteiger charge is 2.20. The first-order valence-corrected chi connectivity index (χ1v) is 7.16. The van der Waals surface area contributed by atoms with Crippen molar-refractivity contribution in [3.63, 3.8) is 0 Å². The molecule has 0 saturated carbocycles. The van der Waals surface area contributed by atoms with Gasteiger partial charge in [-0.05, 0) is 37.7 Å². The summed E-state index contributed by atoms with van der Waals surface area (Å²) in [5.74, 6) is -1.11. The lowest BCUT2D eigenvalue weighted by Crippen LogP contribution is -2.18. The fraction of sp³-hybridized carbons (Fsp3) is 0.286. The Hall–Kier alpha value is -0.970. The zero-order chi connectivity index (χ0) is 14.0. The molecule has 1 unspecified atom stereocenters. The average Bonchev–Trinajstić information content (AvgIpc) is 2.85. The first-order chi connectivity index (χ1) is 9.06. The molecule has 0 saturated heterocycles. The standard InChI is InChI=1S/C14H14ClF2NS/c1-3-8-4-5-13(19-8)14(18-2)9-6-12(17)10(15)7-11(9)16/h4-7,14,18H,3H2,1-2H3. The summed E-state index contributed by atoms with van der Waals surface area (Å²) < 4.78 is 27.5. The largest absolute Gasteiger partial charge is 0.309 e. The van der Waals surface area contributed by atoms with E-state index in [4.69, 9.17) is 11.6 Å². The molecular weight excluding hydrogens is 288 g/mol. The maximum absolute atomic E-state index is 14.0. The Balaban J connectivity index is 2.44. The van der Waals surface area contributed by atoms with Crippen molar-refractivity contribution in [2.75, 3.05) is 7.05 Å². The van der Waals surface area contributed by atoms with Gasteiger partial charge in [-0.15, -0.1) is 11.3 Å². The molecule has 102 valence electrons. The number of nitrogens with one attached hydrogen (secondary N) is 1. The van der Waals surface area contributed by atoms with Gasteiger partial charge in [0.05, 0.1) is 11.1 Å². The van der Waals surface area contributed by atoms with E-state index >= 15 is 0 Å². The van der Waals surface area contributed by atoms with Crippen LogP contribution in [0.5, 0.6) is 0 Å². The van der Waals surface area contributed by atoms with Crippen LogP contribution in [0.4, 0.5) is 8.78 Å². The zero-order valence-corrected chi connectivity index (χ0v) is 12.2. The van der Waals surface area contributed by atoms with Gasteiger partial charge in [0.15, 0.2) is 0 Å². The van der Waals surface area contributed by atoms with E-state index in [1.807, 2.05) is 12.1 Å². The summed E-state index contributed by atoms with van der Waals surface area (Å²) in [5, 5.41) is 2.82. The molecular formula is C14H14ClF2NS. The van der Waals surface area contributed by atoms with E-state index in [0.717, 1.165) is 23.4 Å². The summed E-state index contributed by atoms with van der Waals surface area (Å²) in [5.41, 5.74) is 0.272. The van der Waals surface area contributed by atoms with E-state index < -0.39 is 11.6 Å². The van der Waals surface area contributed by atoms with Crippen LogP contribution in [0.15, 0.2) is 24.3 Å². The predicted molar refractivity (Wildman–Crippen MR) is 76.0 cm³/mol. The summed E-state index contributed by atoms with van der Waals surface area (Å²) in [6.45, 7) is 2.06. The lowest BCUT2D eigenvalue weighted by Gasteiger charge is -2.16. The Morgan fingerprint density at radius 1 is 1.26 bits per heavy atom.